The second-order valence-corrected chi connectivity index (χ2v) is 8.13. The lowest BCUT2D eigenvalue weighted by Gasteiger charge is -2.36. The third kappa shape index (κ3) is 3.33. The predicted molar refractivity (Wildman–Crippen MR) is 98.8 cm³/mol. The maximum absolute atomic E-state index is 12.9. The van der Waals surface area contributed by atoms with E-state index in [1.165, 1.54) is 4.31 Å². The van der Waals surface area contributed by atoms with Crippen molar-refractivity contribution in [2.45, 2.75) is 17.7 Å². The highest BCUT2D eigenvalue weighted by Gasteiger charge is 2.41. The minimum atomic E-state index is -3.62. The van der Waals surface area contributed by atoms with Gasteiger partial charge in [-0.15, -0.1) is 0 Å². The molecule has 140 valence electrons. The third-order valence-electron chi connectivity index (χ3n) is 4.44. The molecule has 0 radical (unpaired) electrons. The summed E-state index contributed by atoms with van der Waals surface area (Å²) in [5.74, 6) is 1.23. The molecule has 1 aliphatic rings. The van der Waals surface area contributed by atoms with E-state index >= 15 is 0 Å². The highest BCUT2D eigenvalue weighted by Crippen LogP contribution is 2.35. The fourth-order valence-electron chi connectivity index (χ4n) is 2.97. The topological polar surface area (TPSA) is 85.5 Å². The molecule has 4 rings (SSSR count). The molecule has 0 atom stereocenters. The Labute approximate surface area is 157 Å². The molecule has 2 heterocycles. The van der Waals surface area contributed by atoms with E-state index in [2.05, 4.69) is 10.1 Å². The van der Waals surface area contributed by atoms with Crippen molar-refractivity contribution in [1.82, 2.24) is 14.4 Å². The zero-order chi connectivity index (χ0) is 18.9. The van der Waals surface area contributed by atoms with E-state index in [9.17, 15) is 8.42 Å². The summed E-state index contributed by atoms with van der Waals surface area (Å²) in [7, 11) is -3.62. The normalized spacial score (nSPS) is 15.4. The molecule has 0 saturated carbocycles. The molecule has 1 aliphatic heterocycles. The SMILES string of the molecule is CCOc1ccccc1S(=O)(=O)N1CC(c2nc(-c3ccccc3)no2)C1. The van der Waals surface area contributed by atoms with Crippen LogP contribution in [0.3, 0.4) is 0 Å². The van der Waals surface area contributed by atoms with Gasteiger partial charge in [0.25, 0.3) is 0 Å². The number of sulfonamides is 1. The van der Waals surface area contributed by atoms with Crippen LogP contribution in [0.1, 0.15) is 18.7 Å². The van der Waals surface area contributed by atoms with Crippen molar-refractivity contribution in [2.24, 2.45) is 0 Å². The Kier molecular flexibility index (Phi) is 4.67. The molecule has 1 fully saturated rings. The van der Waals surface area contributed by atoms with Crippen LogP contribution < -0.4 is 4.74 Å². The summed E-state index contributed by atoms with van der Waals surface area (Å²) >= 11 is 0. The summed E-state index contributed by atoms with van der Waals surface area (Å²) in [6.07, 6.45) is 0. The number of para-hydroxylation sites is 1. The number of nitrogens with zero attached hydrogens (tertiary/aromatic N) is 3. The van der Waals surface area contributed by atoms with Crippen molar-refractivity contribution >= 4 is 10.0 Å². The van der Waals surface area contributed by atoms with Crippen LogP contribution in [0.4, 0.5) is 0 Å². The van der Waals surface area contributed by atoms with Gasteiger partial charge >= 0.3 is 0 Å². The lowest BCUT2D eigenvalue weighted by molar-refractivity contribution is 0.216. The smallest absolute Gasteiger partial charge is 0.246 e. The van der Waals surface area contributed by atoms with Gasteiger partial charge in [-0.1, -0.05) is 47.6 Å². The van der Waals surface area contributed by atoms with Gasteiger partial charge in [-0.25, -0.2) is 8.42 Å². The number of aromatic nitrogens is 2. The maximum Gasteiger partial charge on any atom is 0.246 e. The molecular formula is C19H19N3O4S. The molecule has 7 nitrogen and oxygen atoms in total. The van der Waals surface area contributed by atoms with E-state index in [4.69, 9.17) is 9.26 Å². The van der Waals surface area contributed by atoms with Crippen molar-refractivity contribution in [3.05, 3.63) is 60.5 Å². The summed E-state index contributed by atoms with van der Waals surface area (Å²) in [4.78, 5) is 4.60. The minimum absolute atomic E-state index is 0.107. The first-order valence-corrected chi connectivity index (χ1v) is 10.1. The fraction of sp³-hybridized carbons (Fsp3) is 0.263. The number of benzene rings is 2. The van der Waals surface area contributed by atoms with Gasteiger partial charge in [0, 0.05) is 18.7 Å². The van der Waals surface area contributed by atoms with Gasteiger partial charge in [-0.2, -0.15) is 9.29 Å². The summed E-state index contributed by atoms with van der Waals surface area (Å²) in [6.45, 7) is 2.83. The van der Waals surface area contributed by atoms with E-state index in [-0.39, 0.29) is 10.8 Å². The van der Waals surface area contributed by atoms with Crippen LogP contribution in [-0.4, -0.2) is 42.6 Å². The highest BCUT2D eigenvalue weighted by molar-refractivity contribution is 7.89. The van der Waals surface area contributed by atoms with E-state index in [0.717, 1.165) is 5.56 Å². The van der Waals surface area contributed by atoms with Gasteiger partial charge in [0.2, 0.25) is 21.7 Å². The average molecular weight is 385 g/mol. The van der Waals surface area contributed by atoms with Gasteiger partial charge in [-0.05, 0) is 19.1 Å². The second kappa shape index (κ2) is 7.13. The maximum atomic E-state index is 12.9. The number of hydrogen-bond donors (Lipinski definition) is 0. The van der Waals surface area contributed by atoms with Crippen molar-refractivity contribution in [2.75, 3.05) is 19.7 Å². The summed E-state index contributed by atoms with van der Waals surface area (Å²) in [6, 6.07) is 16.2. The molecule has 0 unspecified atom stereocenters. The lowest BCUT2D eigenvalue weighted by Crippen LogP contribution is -2.48. The molecule has 0 amide bonds. The summed E-state index contributed by atoms with van der Waals surface area (Å²) in [5, 5.41) is 4.00. The third-order valence-corrected chi connectivity index (χ3v) is 6.31. The molecule has 27 heavy (non-hydrogen) atoms. The summed E-state index contributed by atoms with van der Waals surface area (Å²) in [5.41, 5.74) is 0.863. The van der Waals surface area contributed by atoms with Crippen molar-refractivity contribution in [1.29, 1.82) is 0 Å². The molecule has 1 aromatic heterocycles. The number of hydrogen-bond acceptors (Lipinski definition) is 6. The number of ether oxygens (including phenoxy) is 1. The molecule has 2 aromatic carbocycles. The van der Waals surface area contributed by atoms with E-state index in [1.807, 2.05) is 37.3 Å². The first kappa shape index (κ1) is 17.7. The molecule has 0 N–H and O–H groups in total. The average Bonchev–Trinajstić information content (AvgIpc) is 3.11. The molecule has 3 aromatic rings. The Balaban J connectivity index is 1.49. The van der Waals surface area contributed by atoms with Gasteiger partial charge in [0.15, 0.2) is 0 Å². The van der Waals surface area contributed by atoms with E-state index < -0.39 is 10.0 Å². The van der Waals surface area contributed by atoms with Gasteiger partial charge < -0.3 is 9.26 Å². The Morgan fingerprint density at radius 2 is 1.81 bits per heavy atom. The van der Waals surface area contributed by atoms with Crippen LogP contribution in [0, 0.1) is 0 Å². The fourth-order valence-corrected chi connectivity index (χ4v) is 4.64. The quantitative estimate of drug-likeness (QED) is 0.649. The highest BCUT2D eigenvalue weighted by atomic mass is 32.2. The van der Waals surface area contributed by atoms with Crippen LogP contribution in [0.2, 0.25) is 0 Å². The molecular weight excluding hydrogens is 366 g/mol. The van der Waals surface area contributed by atoms with Crippen molar-refractivity contribution < 1.29 is 17.7 Å². The van der Waals surface area contributed by atoms with Gasteiger partial charge in [-0.3, -0.25) is 0 Å². The van der Waals surface area contributed by atoms with E-state index in [1.54, 1.807) is 24.3 Å². The molecule has 8 heteroatoms. The van der Waals surface area contributed by atoms with Crippen LogP contribution in [0.15, 0.2) is 64.0 Å². The van der Waals surface area contributed by atoms with Crippen LogP contribution in [0.25, 0.3) is 11.4 Å². The van der Waals surface area contributed by atoms with Crippen molar-refractivity contribution in [3.8, 4) is 17.1 Å². The largest absolute Gasteiger partial charge is 0.492 e. The zero-order valence-corrected chi connectivity index (χ0v) is 15.6. The first-order chi connectivity index (χ1) is 13.1. The van der Waals surface area contributed by atoms with Crippen LogP contribution in [-0.2, 0) is 10.0 Å². The van der Waals surface area contributed by atoms with E-state index in [0.29, 0.717) is 37.2 Å². The first-order valence-electron chi connectivity index (χ1n) is 8.70. The van der Waals surface area contributed by atoms with Crippen molar-refractivity contribution in [3.63, 3.8) is 0 Å². The van der Waals surface area contributed by atoms with Gasteiger partial charge in [0.05, 0.1) is 12.5 Å². The molecule has 0 bridgehead atoms. The zero-order valence-electron chi connectivity index (χ0n) is 14.8. The van der Waals surface area contributed by atoms with Crippen LogP contribution in [0.5, 0.6) is 5.75 Å². The number of rotatable bonds is 6. The standard InChI is InChI=1S/C19H19N3O4S/c1-2-25-16-10-6-7-11-17(16)27(23,24)22-12-15(13-22)19-20-18(21-26-19)14-8-4-3-5-9-14/h3-11,15H,2,12-13H2,1H3. The monoisotopic (exact) mass is 385 g/mol. The minimum Gasteiger partial charge on any atom is -0.492 e. The predicted octanol–water partition coefficient (Wildman–Crippen LogP) is 2.92. The Bertz CT molecular complexity index is 1030. The Hall–Kier alpha value is -2.71. The molecule has 0 spiro atoms. The second-order valence-electron chi connectivity index (χ2n) is 6.22. The Morgan fingerprint density at radius 1 is 1.11 bits per heavy atom. The molecule has 1 saturated heterocycles. The summed E-state index contributed by atoms with van der Waals surface area (Å²) < 4.78 is 38.0. The Morgan fingerprint density at radius 3 is 2.56 bits per heavy atom. The van der Waals surface area contributed by atoms with Crippen LogP contribution >= 0.6 is 0 Å². The lowest BCUT2D eigenvalue weighted by atomic mass is 10.0. The molecule has 0 aliphatic carbocycles. The van der Waals surface area contributed by atoms with Gasteiger partial charge in [0.1, 0.15) is 10.6 Å².